The van der Waals surface area contributed by atoms with Crippen LogP contribution in [0.3, 0.4) is 0 Å². The van der Waals surface area contributed by atoms with Gasteiger partial charge in [-0.15, -0.1) is 0 Å². The summed E-state index contributed by atoms with van der Waals surface area (Å²) in [7, 11) is 2.19. The Hall–Kier alpha value is -3.71. The lowest BCUT2D eigenvalue weighted by molar-refractivity contribution is 0.331. The zero-order valence-corrected chi connectivity index (χ0v) is 23.0. The number of anilines is 2. The van der Waals surface area contributed by atoms with E-state index in [1.54, 1.807) is 6.33 Å². The Kier molecular flexibility index (Phi) is 7.59. The Morgan fingerprint density at radius 3 is 2.51 bits per heavy atom. The number of fused-ring (bicyclic) bond motifs is 1. The first-order valence-corrected chi connectivity index (χ1v) is 14.4. The second-order valence-electron chi connectivity index (χ2n) is 11.1. The zero-order chi connectivity index (χ0) is 26.6. The third-order valence-electron chi connectivity index (χ3n) is 8.34. The summed E-state index contributed by atoms with van der Waals surface area (Å²) in [6.45, 7) is 7.61. The van der Waals surface area contributed by atoms with Gasteiger partial charge in [0.05, 0.1) is 16.8 Å². The molecule has 0 atom stereocenters. The Morgan fingerprint density at radius 2 is 1.74 bits per heavy atom. The van der Waals surface area contributed by atoms with E-state index in [1.165, 1.54) is 70.0 Å². The number of hydrogen-bond donors (Lipinski definition) is 2. The van der Waals surface area contributed by atoms with E-state index in [9.17, 15) is 0 Å². The largest absolute Gasteiger partial charge is 0.356 e. The highest BCUT2D eigenvalue weighted by Crippen LogP contribution is 2.32. The molecule has 4 heterocycles. The summed E-state index contributed by atoms with van der Waals surface area (Å²) in [5.41, 5.74) is 6.99. The normalized spacial score (nSPS) is 16.8. The first-order chi connectivity index (χ1) is 19.1. The Balaban J connectivity index is 1.15. The fourth-order valence-corrected chi connectivity index (χ4v) is 6.09. The highest BCUT2D eigenvalue weighted by molar-refractivity contribution is 5.92. The van der Waals surface area contributed by atoms with E-state index in [1.807, 2.05) is 6.20 Å². The first-order valence-electron chi connectivity index (χ1n) is 14.4. The summed E-state index contributed by atoms with van der Waals surface area (Å²) in [6.07, 6.45) is 13.9. The molecule has 0 spiro atoms. The van der Waals surface area contributed by atoms with Crippen LogP contribution in [0.25, 0.3) is 28.0 Å². The van der Waals surface area contributed by atoms with Gasteiger partial charge in [-0.3, -0.25) is 9.88 Å². The number of nitrogens with zero attached hydrogens (tertiary/aromatic N) is 5. The molecule has 2 aliphatic rings. The van der Waals surface area contributed by atoms with Crippen LogP contribution in [0.4, 0.5) is 11.5 Å². The van der Waals surface area contributed by atoms with Gasteiger partial charge in [0, 0.05) is 37.2 Å². The van der Waals surface area contributed by atoms with Crippen LogP contribution in [-0.4, -0.2) is 51.0 Å². The average Bonchev–Trinajstić information content (AvgIpc) is 3.56. The van der Waals surface area contributed by atoms with Crippen LogP contribution >= 0.6 is 0 Å². The molecule has 2 fully saturated rings. The van der Waals surface area contributed by atoms with Crippen LogP contribution in [0, 0.1) is 0 Å². The van der Waals surface area contributed by atoms with Gasteiger partial charge in [-0.2, -0.15) is 0 Å². The Labute approximate surface area is 231 Å². The lowest BCUT2D eigenvalue weighted by atomic mass is 10.1. The molecule has 1 aliphatic carbocycles. The third kappa shape index (κ3) is 5.83. The fourth-order valence-electron chi connectivity index (χ4n) is 6.09. The van der Waals surface area contributed by atoms with Gasteiger partial charge in [-0.05, 0) is 80.2 Å². The lowest BCUT2D eigenvalue weighted by Gasteiger charge is -2.28. The molecule has 6 rings (SSSR count). The molecule has 1 saturated carbocycles. The van der Waals surface area contributed by atoms with E-state index >= 15 is 0 Å². The van der Waals surface area contributed by atoms with Crippen molar-refractivity contribution >= 4 is 28.2 Å². The summed E-state index contributed by atoms with van der Waals surface area (Å²) < 4.78 is 0. The molecule has 0 bridgehead atoms. The van der Waals surface area contributed by atoms with Gasteiger partial charge in [-0.1, -0.05) is 44.4 Å². The molecule has 1 aliphatic heterocycles. The van der Waals surface area contributed by atoms with E-state index in [0.29, 0.717) is 6.04 Å². The average molecular weight is 522 g/mol. The number of likely N-dealkylation sites (tertiary alicyclic amines) is 1. The van der Waals surface area contributed by atoms with Crippen molar-refractivity contribution in [3.8, 4) is 11.3 Å². The highest BCUT2D eigenvalue weighted by atomic mass is 15.2. The lowest BCUT2D eigenvalue weighted by Crippen LogP contribution is -2.31. The minimum Gasteiger partial charge on any atom is -0.356 e. The molecular formula is C32H39N7. The molecule has 1 saturated heterocycles. The van der Waals surface area contributed by atoms with Crippen molar-refractivity contribution in [2.45, 2.75) is 64.0 Å². The van der Waals surface area contributed by atoms with Crippen molar-refractivity contribution < 1.29 is 0 Å². The summed E-state index contributed by atoms with van der Waals surface area (Å²) in [5, 5.41) is 4.52. The predicted molar refractivity (Wildman–Crippen MR) is 161 cm³/mol. The van der Waals surface area contributed by atoms with Crippen LogP contribution < -0.4 is 10.2 Å². The van der Waals surface area contributed by atoms with E-state index in [4.69, 9.17) is 4.98 Å². The minimum absolute atomic E-state index is 0.540. The topological polar surface area (TPSA) is 73.0 Å². The molecular weight excluding hydrogens is 482 g/mol. The minimum atomic E-state index is 0.540. The van der Waals surface area contributed by atoms with Crippen molar-refractivity contribution in [1.82, 2.24) is 24.8 Å². The first kappa shape index (κ1) is 25.6. The van der Waals surface area contributed by atoms with E-state index < -0.39 is 0 Å². The number of pyridine rings is 1. The van der Waals surface area contributed by atoms with Crippen molar-refractivity contribution in [2.75, 3.05) is 30.4 Å². The highest BCUT2D eigenvalue weighted by Gasteiger charge is 2.21. The van der Waals surface area contributed by atoms with Gasteiger partial charge in [0.2, 0.25) is 0 Å². The molecule has 7 heteroatoms. The maximum Gasteiger partial charge on any atom is 0.143 e. The molecule has 4 aromatic rings. The van der Waals surface area contributed by atoms with E-state index in [0.717, 1.165) is 51.7 Å². The van der Waals surface area contributed by atoms with E-state index in [-0.39, 0.29) is 0 Å². The summed E-state index contributed by atoms with van der Waals surface area (Å²) in [6, 6.07) is 15.4. The number of benzene rings is 1. The van der Waals surface area contributed by atoms with Gasteiger partial charge >= 0.3 is 0 Å². The third-order valence-corrected chi connectivity index (χ3v) is 8.34. The summed E-state index contributed by atoms with van der Waals surface area (Å²) in [5.74, 6) is 1.02. The predicted octanol–water partition coefficient (Wildman–Crippen LogP) is 6.86. The van der Waals surface area contributed by atoms with Crippen molar-refractivity contribution in [3.63, 3.8) is 0 Å². The van der Waals surface area contributed by atoms with Crippen LogP contribution in [0.1, 0.15) is 62.6 Å². The maximum absolute atomic E-state index is 4.70. The zero-order valence-electron chi connectivity index (χ0n) is 23.0. The monoisotopic (exact) mass is 521 g/mol. The number of H-pyrrole nitrogens is 1. The summed E-state index contributed by atoms with van der Waals surface area (Å²) in [4.78, 5) is 22.2. The Morgan fingerprint density at radius 1 is 0.974 bits per heavy atom. The number of aromatic nitrogens is 4. The second-order valence-corrected chi connectivity index (χ2v) is 11.1. The van der Waals surface area contributed by atoms with Crippen molar-refractivity contribution in [1.29, 1.82) is 0 Å². The Bertz CT molecular complexity index is 1410. The van der Waals surface area contributed by atoms with Gasteiger partial charge in [0.25, 0.3) is 0 Å². The number of hydrogen-bond acceptors (Lipinski definition) is 6. The number of aromatic amines is 1. The molecule has 1 aromatic carbocycles. The summed E-state index contributed by atoms with van der Waals surface area (Å²) >= 11 is 0. The molecule has 7 nitrogen and oxygen atoms in total. The standard InChI is InChI=1S/C32H39N7/c1-23(29-19-24(15-16-33-29)21-39-17-7-8-18-39)36-26-13-11-25(12-14-26)30-20-28-31(37-30)34-22-35-32(28)38(2)27-9-5-3-4-6-10-27/h11-16,19-20,22,27,36H,1,3-10,17-18,21H2,2H3,(H,34,35,37). The van der Waals surface area contributed by atoms with Crippen LogP contribution in [0.2, 0.25) is 0 Å². The molecule has 2 N–H and O–H groups in total. The van der Waals surface area contributed by atoms with Crippen LogP contribution in [0.5, 0.6) is 0 Å². The van der Waals surface area contributed by atoms with Gasteiger partial charge in [0.15, 0.2) is 0 Å². The molecule has 39 heavy (non-hydrogen) atoms. The van der Waals surface area contributed by atoms with Gasteiger partial charge in [0.1, 0.15) is 17.8 Å². The maximum atomic E-state index is 4.70. The van der Waals surface area contributed by atoms with Crippen molar-refractivity contribution in [2.24, 2.45) is 0 Å². The van der Waals surface area contributed by atoms with Crippen LogP contribution in [-0.2, 0) is 6.54 Å². The fraction of sp³-hybridized carbons (Fsp3) is 0.406. The van der Waals surface area contributed by atoms with Gasteiger partial charge < -0.3 is 15.2 Å². The van der Waals surface area contributed by atoms with Crippen LogP contribution in [0.15, 0.2) is 61.6 Å². The molecule has 0 amide bonds. The van der Waals surface area contributed by atoms with Crippen molar-refractivity contribution in [3.05, 3.63) is 72.8 Å². The smallest absolute Gasteiger partial charge is 0.143 e. The van der Waals surface area contributed by atoms with E-state index in [2.05, 4.69) is 86.2 Å². The molecule has 3 aromatic heterocycles. The number of rotatable bonds is 8. The SMILES string of the molecule is C=C(Nc1ccc(-c2cc3c(N(C)C4CCCCCC4)ncnc3[nH]2)cc1)c1cc(CN2CCCC2)ccn1. The molecule has 0 unspecified atom stereocenters. The van der Waals surface area contributed by atoms with Gasteiger partial charge in [-0.25, -0.2) is 9.97 Å². The number of nitrogens with one attached hydrogen (secondary N) is 2. The quantitative estimate of drug-likeness (QED) is 0.247. The second kappa shape index (κ2) is 11.6. The molecule has 0 radical (unpaired) electrons. The molecule has 202 valence electrons.